The predicted molar refractivity (Wildman–Crippen MR) is 111 cm³/mol. The molecule has 0 aliphatic rings. The summed E-state index contributed by atoms with van der Waals surface area (Å²) in [5.41, 5.74) is 4.59. The zero-order valence-corrected chi connectivity index (χ0v) is 17.1. The van der Waals surface area contributed by atoms with E-state index in [1.165, 1.54) is 16.6 Å². The lowest BCUT2D eigenvalue weighted by atomic mass is 10.1. The van der Waals surface area contributed by atoms with Crippen molar-refractivity contribution >= 4 is 10.9 Å². The van der Waals surface area contributed by atoms with Gasteiger partial charge < -0.3 is 29.2 Å². The van der Waals surface area contributed by atoms with Crippen LogP contribution in [-0.4, -0.2) is 40.0 Å². The summed E-state index contributed by atoms with van der Waals surface area (Å²) in [6, 6.07) is 9.86. The summed E-state index contributed by atoms with van der Waals surface area (Å²) in [6.45, 7) is 3.57. The Balaban J connectivity index is 1.71. The molecule has 0 spiro atoms. The third-order valence-corrected chi connectivity index (χ3v) is 5.00. The van der Waals surface area contributed by atoms with E-state index in [-0.39, 0.29) is 0 Å². The molecule has 0 saturated heterocycles. The molecule has 0 fully saturated rings. The molecule has 6 heteroatoms. The molecular formula is C22H28N2O4. The van der Waals surface area contributed by atoms with Crippen LogP contribution in [0.3, 0.4) is 0 Å². The molecule has 28 heavy (non-hydrogen) atoms. The quantitative estimate of drug-likeness (QED) is 0.549. The second kappa shape index (κ2) is 8.89. The van der Waals surface area contributed by atoms with Crippen molar-refractivity contribution in [1.29, 1.82) is 0 Å². The average Bonchev–Trinajstić information content (AvgIpc) is 3.04. The van der Waals surface area contributed by atoms with Gasteiger partial charge in [-0.2, -0.15) is 0 Å². The van der Waals surface area contributed by atoms with Gasteiger partial charge in [-0.05, 0) is 43.7 Å². The zero-order valence-electron chi connectivity index (χ0n) is 17.1. The summed E-state index contributed by atoms with van der Waals surface area (Å²) in [7, 11) is 6.63. The number of aromatic nitrogens is 1. The average molecular weight is 384 g/mol. The van der Waals surface area contributed by atoms with Gasteiger partial charge in [0.15, 0.2) is 0 Å². The Labute approximate surface area is 165 Å². The van der Waals surface area contributed by atoms with Gasteiger partial charge in [0.1, 0.15) is 23.0 Å². The minimum atomic E-state index is 0.640. The van der Waals surface area contributed by atoms with E-state index in [1.807, 2.05) is 18.2 Å². The molecule has 3 rings (SSSR count). The smallest absolute Gasteiger partial charge is 0.130 e. The molecule has 1 aromatic heterocycles. The molecule has 0 radical (unpaired) electrons. The Morgan fingerprint density at radius 2 is 1.50 bits per heavy atom. The van der Waals surface area contributed by atoms with E-state index in [4.69, 9.17) is 18.9 Å². The maximum atomic E-state index is 5.52. The summed E-state index contributed by atoms with van der Waals surface area (Å²) in [4.78, 5) is 3.45. The Kier molecular flexibility index (Phi) is 6.31. The van der Waals surface area contributed by atoms with Gasteiger partial charge >= 0.3 is 0 Å². The van der Waals surface area contributed by atoms with Gasteiger partial charge in [0.05, 0.1) is 34.0 Å². The topological polar surface area (TPSA) is 64.7 Å². The first-order valence-electron chi connectivity index (χ1n) is 9.26. The zero-order chi connectivity index (χ0) is 20.1. The standard InChI is InChI=1S/C22H28N2O4/c1-14-17(18-10-15(25-2)6-7-20(18)24-14)8-9-23-13-19-21(27-4)11-16(26-3)12-22(19)28-5/h6-7,10-12,23-24H,8-9,13H2,1-5H3. The highest BCUT2D eigenvalue weighted by molar-refractivity contribution is 5.86. The van der Waals surface area contributed by atoms with E-state index in [9.17, 15) is 0 Å². The second-order valence-corrected chi connectivity index (χ2v) is 6.58. The van der Waals surface area contributed by atoms with E-state index in [2.05, 4.69) is 29.4 Å². The molecule has 0 aliphatic carbocycles. The fourth-order valence-electron chi connectivity index (χ4n) is 3.49. The molecule has 1 heterocycles. The number of nitrogens with one attached hydrogen (secondary N) is 2. The van der Waals surface area contributed by atoms with Crippen molar-refractivity contribution in [2.24, 2.45) is 0 Å². The highest BCUT2D eigenvalue weighted by atomic mass is 16.5. The summed E-state index contributed by atoms with van der Waals surface area (Å²) in [5.74, 6) is 3.07. The van der Waals surface area contributed by atoms with E-state index in [1.54, 1.807) is 28.4 Å². The van der Waals surface area contributed by atoms with Gasteiger partial charge in [0.25, 0.3) is 0 Å². The number of ether oxygens (including phenoxy) is 4. The monoisotopic (exact) mass is 384 g/mol. The van der Waals surface area contributed by atoms with Crippen LogP contribution < -0.4 is 24.3 Å². The first kappa shape index (κ1) is 19.9. The van der Waals surface area contributed by atoms with Gasteiger partial charge in [0.2, 0.25) is 0 Å². The van der Waals surface area contributed by atoms with Gasteiger partial charge in [-0.1, -0.05) is 0 Å². The van der Waals surface area contributed by atoms with Gasteiger partial charge in [0, 0.05) is 35.3 Å². The molecule has 0 amide bonds. The number of aryl methyl sites for hydroxylation is 1. The Morgan fingerprint density at radius 3 is 2.11 bits per heavy atom. The molecule has 0 unspecified atom stereocenters. The molecule has 150 valence electrons. The first-order chi connectivity index (χ1) is 13.6. The lowest BCUT2D eigenvalue weighted by Crippen LogP contribution is -2.18. The number of aromatic amines is 1. The summed E-state index contributed by atoms with van der Waals surface area (Å²) in [6.07, 6.45) is 0.903. The maximum Gasteiger partial charge on any atom is 0.130 e. The van der Waals surface area contributed by atoms with Crippen LogP contribution in [0.15, 0.2) is 30.3 Å². The lowest BCUT2D eigenvalue weighted by molar-refractivity contribution is 0.366. The normalized spacial score (nSPS) is 10.9. The van der Waals surface area contributed by atoms with Crippen LogP contribution in [0.25, 0.3) is 10.9 Å². The number of fused-ring (bicyclic) bond motifs is 1. The van der Waals surface area contributed by atoms with Crippen molar-refractivity contribution in [1.82, 2.24) is 10.3 Å². The number of methoxy groups -OCH3 is 4. The van der Waals surface area contributed by atoms with Crippen LogP contribution in [0.4, 0.5) is 0 Å². The molecule has 6 nitrogen and oxygen atoms in total. The van der Waals surface area contributed by atoms with E-state index < -0.39 is 0 Å². The number of benzene rings is 2. The van der Waals surface area contributed by atoms with Crippen LogP contribution in [-0.2, 0) is 13.0 Å². The van der Waals surface area contributed by atoms with Crippen molar-refractivity contribution in [3.8, 4) is 23.0 Å². The number of hydrogen-bond acceptors (Lipinski definition) is 5. The van der Waals surface area contributed by atoms with Crippen molar-refractivity contribution < 1.29 is 18.9 Å². The van der Waals surface area contributed by atoms with E-state index in [0.29, 0.717) is 12.3 Å². The van der Waals surface area contributed by atoms with Crippen LogP contribution in [0.5, 0.6) is 23.0 Å². The van der Waals surface area contributed by atoms with Crippen molar-refractivity contribution in [3.05, 3.63) is 47.2 Å². The molecule has 2 N–H and O–H groups in total. The maximum absolute atomic E-state index is 5.52. The fraction of sp³-hybridized carbons (Fsp3) is 0.364. The number of hydrogen-bond donors (Lipinski definition) is 2. The fourth-order valence-corrected chi connectivity index (χ4v) is 3.49. The number of H-pyrrole nitrogens is 1. The van der Waals surface area contributed by atoms with Crippen molar-refractivity contribution in [2.75, 3.05) is 35.0 Å². The highest BCUT2D eigenvalue weighted by Crippen LogP contribution is 2.34. The minimum absolute atomic E-state index is 0.640. The van der Waals surface area contributed by atoms with Gasteiger partial charge in [-0.15, -0.1) is 0 Å². The van der Waals surface area contributed by atoms with Crippen LogP contribution in [0, 0.1) is 6.92 Å². The Morgan fingerprint density at radius 1 is 0.821 bits per heavy atom. The summed E-state index contributed by atoms with van der Waals surface area (Å²) in [5, 5.41) is 4.71. The van der Waals surface area contributed by atoms with Crippen LogP contribution in [0.1, 0.15) is 16.8 Å². The Bertz CT molecular complexity index is 924. The largest absolute Gasteiger partial charge is 0.497 e. The third-order valence-electron chi connectivity index (χ3n) is 5.00. The highest BCUT2D eigenvalue weighted by Gasteiger charge is 2.14. The summed E-state index contributed by atoms with van der Waals surface area (Å²) < 4.78 is 21.7. The van der Waals surface area contributed by atoms with Gasteiger partial charge in [-0.25, -0.2) is 0 Å². The molecular weight excluding hydrogens is 356 g/mol. The van der Waals surface area contributed by atoms with Crippen LogP contribution in [0.2, 0.25) is 0 Å². The van der Waals surface area contributed by atoms with Crippen molar-refractivity contribution in [3.63, 3.8) is 0 Å². The van der Waals surface area contributed by atoms with Crippen molar-refractivity contribution in [2.45, 2.75) is 19.9 Å². The molecule has 0 atom stereocenters. The third kappa shape index (κ3) is 4.02. The molecule has 2 aromatic carbocycles. The predicted octanol–water partition coefficient (Wildman–Crippen LogP) is 3.84. The minimum Gasteiger partial charge on any atom is -0.497 e. The van der Waals surface area contributed by atoms with E-state index >= 15 is 0 Å². The second-order valence-electron chi connectivity index (χ2n) is 6.58. The molecule has 3 aromatic rings. The van der Waals surface area contributed by atoms with Crippen LogP contribution >= 0.6 is 0 Å². The Hall–Kier alpha value is -2.86. The SMILES string of the molecule is COc1cc(OC)c(CNCCc2c(C)[nH]c3ccc(OC)cc23)c(OC)c1. The van der Waals surface area contributed by atoms with Gasteiger partial charge in [-0.3, -0.25) is 0 Å². The lowest BCUT2D eigenvalue weighted by Gasteiger charge is -2.15. The number of rotatable bonds is 9. The molecule has 0 aliphatic heterocycles. The van der Waals surface area contributed by atoms with E-state index in [0.717, 1.165) is 41.3 Å². The summed E-state index contributed by atoms with van der Waals surface area (Å²) >= 11 is 0. The molecule has 0 saturated carbocycles. The molecule has 0 bridgehead atoms. The first-order valence-corrected chi connectivity index (χ1v) is 9.26.